The molecule has 1 amide bonds. The molecule has 66 valence electrons. The Labute approximate surface area is 72.9 Å². The second kappa shape index (κ2) is 4.57. The zero-order valence-electron chi connectivity index (χ0n) is 6.45. The topological polar surface area (TPSA) is 69.1 Å². The molecule has 1 aliphatic rings. The van der Waals surface area contributed by atoms with Gasteiger partial charge in [-0.25, -0.2) is 0 Å². The van der Waals surface area contributed by atoms with Crippen molar-refractivity contribution in [2.75, 3.05) is 0 Å². The van der Waals surface area contributed by atoms with Crippen molar-refractivity contribution < 1.29 is 4.79 Å². The van der Waals surface area contributed by atoms with Crippen LogP contribution in [0.2, 0.25) is 0 Å². The molecule has 0 saturated heterocycles. The van der Waals surface area contributed by atoms with E-state index < -0.39 is 0 Å². The van der Waals surface area contributed by atoms with Crippen LogP contribution in [0.15, 0.2) is 0 Å². The van der Waals surface area contributed by atoms with E-state index >= 15 is 0 Å². The number of primary amides is 1. The Morgan fingerprint density at radius 3 is 2.36 bits per heavy atom. The van der Waals surface area contributed by atoms with Gasteiger partial charge in [0.25, 0.3) is 0 Å². The summed E-state index contributed by atoms with van der Waals surface area (Å²) in [5.41, 5.74) is 10.8. The minimum atomic E-state index is -0.185. The highest BCUT2D eigenvalue weighted by molar-refractivity contribution is 5.85. The van der Waals surface area contributed by atoms with Crippen LogP contribution in [0.3, 0.4) is 0 Å². The highest BCUT2D eigenvalue weighted by Crippen LogP contribution is 2.22. The summed E-state index contributed by atoms with van der Waals surface area (Å²) in [4.78, 5) is 10.7. The summed E-state index contributed by atoms with van der Waals surface area (Å²) in [6, 6.07) is 0.200. The van der Waals surface area contributed by atoms with Gasteiger partial charge in [0.05, 0.1) is 0 Å². The summed E-state index contributed by atoms with van der Waals surface area (Å²) >= 11 is 0. The number of carbonyl (C=O) groups excluding carboxylic acids is 1. The molecule has 2 atom stereocenters. The van der Waals surface area contributed by atoms with Gasteiger partial charge in [-0.1, -0.05) is 6.42 Å². The van der Waals surface area contributed by atoms with E-state index in [1.165, 1.54) is 0 Å². The maximum absolute atomic E-state index is 10.7. The number of amides is 1. The molecule has 0 bridgehead atoms. The van der Waals surface area contributed by atoms with E-state index in [-0.39, 0.29) is 30.3 Å². The van der Waals surface area contributed by atoms with Gasteiger partial charge in [-0.3, -0.25) is 4.79 Å². The van der Waals surface area contributed by atoms with Crippen molar-refractivity contribution in [2.45, 2.75) is 31.7 Å². The van der Waals surface area contributed by atoms with Crippen LogP contribution in [0.25, 0.3) is 0 Å². The summed E-state index contributed by atoms with van der Waals surface area (Å²) in [6.07, 6.45) is 3.82. The van der Waals surface area contributed by atoms with Crippen molar-refractivity contribution in [1.29, 1.82) is 0 Å². The van der Waals surface area contributed by atoms with Gasteiger partial charge in [-0.2, -0.15) is 0 Å². The molecule has 0 aromatic carbocycles. The zero-order valence-corrected chi connectivity index (χ0v) is 7.27. The van der Waals surface area contributed by atoms with Gasteiger partial charge < -0.3 is 11.5 Å². The average molecular weight is 179 g/mol. The molecule has 4 N–H and O–H groups in total. The van der Waals surface area contributed by atoms with Crippen molar-refractivity contribution in [2.24, 2.45) is 17.4 Å². The first kappa shape index (κ1) is 10.7. The molecular weight excluding hydrogens is 164 g/mol. The van der Waals surface area contributed by atoms with Crippen LogP contribution in [0.5, 0.6) is 0 Å². The van der Waals surface area contributed by atoms with Gasteiger partial charge >= 0.3 is 0 Å². The Bertz CT molecular complexity index is 140. The first-order valence-electron chi connectivity index (χ1n) is 3.75. The van der Waals surface area contributed by atoms with Gasteiger partial charge in [0.15, 0.2) is 0 Å². The van der Waals surface area contributed by atoms with Gasteiger partial charge in [-0.05, 0) is 19.3 Å². The molecule has 1 saturated carbocycles. The van der Waals surface area contributed by atoms with Crippen LogP contribution in [-0.2, 0) is 4.79 Å². The molecule has 0 unspecified atom stereocenters. The highest BCUT2D eigenvalue weighted by Gasteiger charge is 2.22. The lowest BCUT2D eigenvalue weighted by Crippen LogP contribution is -2.34. The molecule has 1 aliphatic carbocycles. The second-order valence-corrected chi connectivity index (χ2v) is 3.03. The van der Waals surface area contributed by atoms with Crippen molar-refractivity contribution in [3.8, 4) is 0 Å². The Hall–Kier alpha value is -0.280. The minimum Gasteiger partial charge on any atom is -0.369 e. The second-order valence-electron chi connectivity index (χ2n) is 3.03. The summed E-state index contributed by atoms with van der Waals surface area (Å²) in [6.45, 7) is 0. The molecule has 3 nitrogen and oxygen atoms in total. The first-order valence-corrected chi connectivity index (χ1v) is 3.75. The molecule has 0 aromatic rings. The van der Waals surface area contributed by atoms with E-state index in [2.05, 4.69) is 0 Å². The average Bonchev–Trinajstić information content (AvgIpc) is 1.88. The lowest BCUT2D eigenvalue weighted by atomic mass is 9.86. The van der Waals surface area contributed by atoms with E-state index in [0.717, 1.165) is 25.7 Å². The van der Waals surface area contributed by atoms with Crippen LogP contribution < -0.4 is 11.5 Å². The monoisotopic (exact) mass is 178 g/mol. The lowest BCUT2D eigenvalue weighted by Gasteiger charge is -2.23. The standard InChI is InChI=1S/C7H14N2O.ClH/c8-6-3-1-2-5(4-6)7(9)10;/h5-6H,1-4,8H2,(H2,9,10);1H/t5-,6+;/m0./s1. The predicted octanol–water partition coefficient (Wildman–Crippen LogP) is 0.411. The highest BCUT2D eigenvalue weighted by atomic mass is 35.5. The third-order valence-electron chi connectivity index (χ3n) is 2.12. The Morgan fingerprint density at radius 2 is 2.00 bits per heavy atom. The molecule has 1 rings (SSSR count). The largest absolute Gasteiger partial charge is 0.369 e. The maximum atomic E-state index is 10.7. The molecule has 0 spiro atoms. The van der Waals surface area contributed by atoms with Crippen LogP contribution in [0, 0.1) is 5.92 Å². The van der Waals surface area contributed by atoms with E-state index in [1.54, 1.807) is 0 Å². The van der Waals surface area contributed by atoms with Crippen molar-refractivity contribution in [3.05, 3.63) is 0 Å². The van der Waals surface area contributed by atoms with Gasteiger partial charge in [0.2, 0.25) is 5.91 Å². The van der Waals surface area contributed by atoms with Crippen LogP contribution in [0.1, 0.15) is 25.7 Å². The molecule has 0 aliphatic heterocycles. The molecule has 0 radical (unpaired) electrons. The molecule has 0 heterocycles. The number of rotatable bonds is 1. The maximum Gasteiger partial charge on any atom is 0.220 e. The van der Waals surface area contributed by atoms with Gasteiger partial charge in [-0.15, -0.1) is 12.4 Å². The smallest absolute Gasteiger partial charge is 0.220 e. The van der Waals surface area contributed by atoms with E-state index in [9.17, 15) is 4.79 Å². The molecule has 0 aromatic heterocycles. The number of carbonyl (C=O) groups is 1. The summed E-state index contributed by atoms with van der Waals surface area (Å²) < 4.78 is 0. The summed E-state index contributed by atoms with van der Waals surface area (Å²) in [7, 11) is 0. The molecule has 11 heavy (non-hydrogen) atoms. The summed E-state index contributed by atoms with van der Waals surface area (Å²) in [5.74, 6) is -0.140. The Morgan fingerprint density at radius 1 is 1.36 bits per heavy atom. The van der Waals surface area contributed by atoms with Crippen LogP contribution in [0.4, 0.5) is 0 Å². The third kappa shape index (κ3) is 3.08. The van der Waals surface area contributed by atoms with E-state index in [4.69, 9.17) is 11.5 Å². The molecule has 1 fully saturated rings. The van der Waals surface area contributed by atoms with Crippen molar-refractivity contribution in [3.63, 3.8) is 0 Å². The SMILES string of the molecule is Cl.NC(=O)[C@H]1CCC[C@@H](N)C1. The summed E-state index contributed by atoms with van der Waals surface area (Å²) in [5, 5.41) is 0. The van der Waals surface area contributed by atoms with Gasteiger partial charge in [0.1, 0.15) is 0 Å². The van der Waals surface area contributed by atoms with Gasteiger partial charge in [0, 0.05) is 12.0 Å². The van der Waals surface area contributed by atoms with E-state index in [0.29, 0.717) is 0 Å². The normalized spacial score (nSPS) is 30.6. The van der Waals surface area contributed by atoms with E-state index in [1.807, 2.05) is 0 Å². The lowest BCUT2D eigenvalue weighted by molar-refractivity contribution is -0.122. The predicted molar refractivity (Wildman–Crippen MR) is 46.4 cm³/mol. The number of hydrogen-bond acceptors (Lipinski definition) is 2. The fourth-order valence-corrected chi connectivity index (χ4v) is 1.49. The van der Waals surface area contributed by atoms with Crippen LogP contribution in [-0.4, -0.2) is 11.9 Å². The fraction of sp³-hybridized carbons (Fsp3) is 0.857. The molecule has 4 heteroatoms. The third-order valence-corrected chi connectivity index (χ3v) is 2.12. The Kier molecular flexibility index (Phi) is 4.45. The van der Waals surface area contributed by atoms with Crippen molar-refractivity contribution >= 4 is 18.3 Å². The number of nitrogens with two attached hydrogens (primary N) is 2. The quantitative estimate of drug-likeness (QED) is 0.611. The zero-order chi connectivity index (χ0) is 7.56. The minimum absolute atomic E-state index is 0. The Balaban J connectivity index is 0.000001000. The van der Waals surface area contributed by atoms with Crippen molar-refractivity contribution in [1.82, 2.24) is 0 Å². The number of hydrogen-bond donors (Lipinski definition) is 2. The fourth-order valence-electron chi connectivity index (χ4n) is 1.49. The molecular formula is C7H15ClN2O. The van der Waals surface area contributed by atoms with Crippen LogP contribution >= 0.6 is 12.4 Å². The number of halogens is 1. The first-order chi connectivity index (χ1) is 4.70.